The zero-order valence-corrected chi connectivity index (χ0v) is 29.1. The Balaban J connectivity index is 1.77. The number of halogens is 1. The zero-order valence-electron chi connectivity index (χ0n) is 27.5. The quantitative estimate of drug-likeness (QED) is 0.280. The van der Waals surface area contributed by atoms with Gasteiger partial charge in [-0.1, -0.05) is 23.7 Å². The fourth-order valence-corrected chi connectivity index (χ4v) is 8.26. The van der Waals surface area contributed by atoms with Crippen molar-refractivity contribution in [2.75, 3.05) is 66.5 Å². The number of anilines is 1. The fraction of sp³-hybridized carbons (Fsp3) is 0.412. The Morgan fingerprint density at radius 2 is 1.70 bits per heavy atom. The second-order valence-corrected chi connectivity index (χ2v) is 14.2. The minimum absolute atomic E-state index is 0.0906. The molecule has 0 spiro atoms. The van der Waals surface area contributed by atoms with Gasteiger partial charge in [0.2, 0.25) is 5.91 Å². The van der Waals surface area contributed by atoms with Crippen LogP contribution in [0.2, 0.25) is 5.02 Å². The lowest BCUT2D eigenvalue weighted by molar-refractivity contribution is -0.138. The van der Waals surface area contributed by atoms with Crippen LogP contribution in [0.1, 0.15) is 29.5 Å². The summed E-state index contributed by atoms with van der Waals surface area (Å²) in [4.78, 5) is 34.4. The van der Waals surface area contributed by atoms with Crippen LogP contribution in [0, 0.1) is 0 Å². The monoisotopic (exact) mass is 684 g/mol. The number of carbonyl (C=O) groups excluding carboxylic acids is 2. The second-order valence-electron chi connectivity index (χ2n) is 12.0. The van der Waals surface area contributed by atoms with Gasteiger partial charge in [0.1, 0.15) is 11.5 Å². The number of likely N-dealkylation sites (tertiary alicyclic amines) is 1. The standard InChI is InChI=1S/C34H41ClN4O7S/c1-36(2)32(40)30-8-7-17-38(30)34(27-15-9-23(20-31(27)46-6)22-37(3)18-19-44-4)28-21-24(35)10-16-29(28)39(33(34)41)47(42,43)26-13-11-25(45-5)12-14-26/h9-16,20-21,30H,7-8,17-19,22H2,1-6H3/t30-,34?/m0/s1. The maximum atomic E-state index is 15.3. The van der Waals surface area contributed by atoms with Crippen molar-refractivity contribution in [3.8, 4) is 11.5 Å². The Kier molecular flexibility index (Phi) is 10.2. The van der Waals surface area contributed by atoms with Gasteiger partial charge < -0.3 is 19.1 Å². The SMILES string of the molecule is COCCN(C)Cc1ccc(C2(N3CCC[C@H]3C(=O)N(C)C)C(=O)N(S(=O)(=O)c3ccc(OC)cc3)c3ccc(Cl)cc32)c(OC)c1. The smallest absolute Gasteiger partial charge is 0.271 e. The van der Waals surface area contributed by atoms with Gasteiger partial charge in [0.25, 0.3) is 15.9 Å². The number of rotatable bonds is 12. The molecule has 1 saturated heterocycles. The summed E-state index contributed by atoms with van der Waals surface area (Å²) in [5.41, 5.74) is 0.0830. The van der Waals surface area contributed by atoms with E-state index < -0.39 is 27.5 Å². The number of hydrogen-bond donors (Lipinski definition) is 0. The Hall–Kier alpha value is -3.68. The molecule has 252 valence electrons. The summed E-state index contributed by atoms with van der Waals surface area (Å²) in [7, 11) is 5.52. The molecule has 2 aliphatic heterocycles. The number of fused-ring (bicyclic) bond motifs is 1. The van der Waals surface area contributed by atoms with Crippen LogP contribution in [-0.4, -0.2) is 103 Å². The van der Waals surface area contributed by atoms with E-state index in [2.05, 4.69) is 4.90 Å². The molecule has 0 aromatic heterocycles. The third-order valence-corrected chi connectivity index (χ3v) is 10.8. The van der Waals surface area contributed by atoms with Crippen LogP contribution < -0.4 is 13.8 Å². The number of sulfonamides is 1. The zero-order chi connectivity index (χ0) is 34.1. The van der Waals surface area contributed by atoms with Crippen molar-refractivity contribution in [1.82, 2.24) is 14.7 Å². The summed E-state index contributed by atoms with van der Waals surface area (Å²) >= 11 is 6.62. The van der Waals surface area contributed by atoms with Crippen LogP contribution in [0.15, 0.2) is 65.6 Å². The summed E-state index contributed by atoms with van der Waals surface area (Å²) < 4.78 is 46.2. The molecule has 0 radical (unpaired) electrons. The van der Waals surface area contributed by atoms with E-state index in [0.29, 0.717) is 66.7 Å². The van der Waals surface area contributed by atoms with Gasteiger partial charge in [0.15, 0.2) is 5.54 Å². The first-order valence-electron chi connectivity index (χ1n) is 15.3. The van der Waals surface area contributed by atoms with Crippen LogP contribution in [0.3, 0.4) is 0 Å². The van der Waals surface area contributed by atoms with Crippen LogP contribution >= 0.6 is 11.6 Å². The summed E-state index contributed by atoms with van der Waals surface area (Å²) in [6.07, 6.45) is 1.10. The minimum atomic E-state index is -4.45. The third-order valence-electron chi connectivity index (χ3n) is 8.85. The predicted molar refractivity (Wildman–Crippen MR) is 180 cm³/mol. The first-order chi connectivity index (χ1) is 22.4. The van der Waals surface area contributed by atoms with Crippen molar-refractivity contribution in [3.63, 3.8) is 0 Å². The van der Waals surface area contributed by atoms with Crippen molar-refractivity contribution in [3.05, 3.63) is 82.4 Å². The van der Waals surface area contributed by atoms with E-state index in [1.165, 1.54) is 43.4 Å². The molecule has 3 aromatic rings. The number of benzene rings is 3. The average molecular weight is 685 g/mol. The number of amides is 2. The topological polar surface area (TPSA) is 109 Å². The van der Waals surface area contributed by atoms with Crippen LogP contribution in [-0.2, 0) is 36.4 Å². The number of ether oxygens (including phenoxy) is 3. The first-order valence-corrected chi connectivity index (χ1v) is 17.1. The molecule has 1 fully saturated rings. The molecular formula is C34H41ClN4O7S. The number of methoxy groups -OCH3 is 3. The Labute approximate surface area is 281 Å². The van der Waals surface area contributed by atoms with Gasteiger partial charge in [0, 0.05) is 57.0 Å². The maximum absolute atomic E-state index is 15.3. The van der Waals surface area contributed by atoms with E-state index in [-0.39, 0.29) is 16.5 Å². The summed E-state index contributed by atoms with van der Waals surface area (Å²) in [5, 5.41) is 0.314. The summed E-state index contributed by atoms with van der Waals surface area (Å²) in [5.74, 6) is -0.0797. The van der Waals surface area contributed by atoms with Gasteiger partial charge in [-0.2, -0.15) is 0 Å². The number of hydrogen-bond acceptors (Lipinski definition) is 9. The van der Waals surface area contributed by atoms with Crippen molar-refractivity contribution in [2.24, 2.45) is 0 Å². The van der Waals surface area contributed by atoms with Gasteiger partial charge in [0.05, 0.1) is 37.5 Å². The average Bonchev–Trinajstić information content (AvgIpc) is 3.64. The Morgan fingerprint density at radius 3 is 2.34 bits per heavy atom. The number of likely N-dealkylation sites (N-methyl/N-ethyl adjacent to an activating group) is 2. The largest absolute Gasteiger partial charge is 0.497 e. The molecule has 0 aliphatic carbocycles. The minimum Gasteiger partial charge on any atom is -0.497 e. The molecule has 13 heteroatoms. The molecule has 2 heterocycles. The molecule has 2 aliphatic rings. The van der Waals surface area contributed by atoms with Crippen LogP contribution in [0.4, 0.5) is 5.69 Å². The number of nitrogens with zero attached hydrogens (tertiary/aromatic N) is 4. The first kappa shape index (κ1) is 34.6. The van der Waals surface area contributed by atoms with Gasteiger partial charge >= 0.3 is 0 Å². The van der Waals surface area contributed by atoms with E-state index in [4.69, 9.17) is 25.8 Å². The number of carbonyl (C=O) groups is 2. The molecule has 5 rings (SSSR count). The van der Waals surface area contributed by atoms with Crippen LogP contribution in [0.5, 0.6) is 11.5 Å². The molecule has 47 heavy (non-hydrogen) atoms. The molecule has 11 nitrogen and oxygen atoms in total. The molecule has 0 bridgehead atoms. The van der Waals surface area contributed by atoms with Crippen LogP contribution in [0.25, 0.3) is 0 Å². The molecule has 2 atom stereocenters. The fourth-order valence-electron chi connectivity index (χ4n) is 6.62. The van der Waals surface area contributed by atoms with Gasteiger partial charge in [-0.3, -0.25) is 19.4 Å². The van der Waals surface area contributed by atoms with Crippen molar-refractivity contribution < 1.29 is 32.2 Å². The molecule has 2 amide bonds. The lowest BCUT2D eigenvalue weighted by Gasteiger charge is -2.42. The van der Waals surface area contributed by atoms with Gasteiger partial charge in [-0.25, -0.2) is 12.7 Å². The molecule has 0 saturated carbocycles. The van der Waals surface area contributed by atoms with Crippen molar-refractivity contribution >= 4 is 39.1 Å². The predicted octanol–water partition coefficient (Wildman–Crippen LogP) is 3.97. The maximum Gasteiger partial charge on any atom is 0.271 e. The molecule has 3 aromatic carbocycles. The Morgan fingerprint density at radius 1 is 0.979 bits per heavy atom. The summed E-state index contributed by atoms with van der Waals surface area (Å²) in [6.45, 7) is 2.20. The van der Waals surface area contributed by atoms with Crippen molar-refractivity contribution in [1.29, 1.82) is 0 Å². The van der Waals surface area contributed by atoms with E-state index in [1.54, 1.807) is 45.5 Å². The third kappa shape index (κ3) is 6.09. The molecule has 1 unspecified atom stereocenters. The van der Waals surface area contributed by atoms with E-state index in [9.17, 15) is 13.2 Å². The lowest BCUT2D eigenvalue weighted by Crippen LogP contribution is -2.59. The van der Waals surface area contributed by atoms with E-state index >= 15 is 4.79 Å². The lowest BCUT2D eigenvalue weighted by atomic mass is 9.80. The normalized spacial score (nSPS) is 19.7. The Bertz CT molecular complexity index is 1750. The molecule has 0 N–H and O–H groups in total. The molecular weight excluding hydrogens is 644 g/mol. The van der Waals surface area contributed by atoms with Gasteiger partial charge in [-0.05, 0) is 74.0 Å². The summed E-state index contributed by atoms with van der Waals surface area (Å²) in [6, 6.07) is 15.4. The van der Waals surface area contributed by atoms with E-state index in [1.807, 2.05) is 24.1 Å². The highest BCUT2D eigenvalue weighted by molar-refractivity contribution is 7.93. The second kappa shape index (κ2) is 13.8. The van der Waals surface area contributed by atoms with E-state index in [0.717, 1.165) is 9.87 Å². The van der Waals surface area contributed by atoms with Crippen molar-refractivity contribution in [2.45, 2.75) is 35.9 Å². The highest BCUT2D eigenvalue weighted by Crippen LogP contribution is 2.55. The van der Waals surface area contributed by atoms with Gasteiger partial charge in [-0.15, -0.1) is 0 Å². The highest BCUT2D eigenvalue weighted by Gasteiger charge is 2.63. The highest BCUT2D eigenvalue weighted by atomic mass is 35.5.